The number of aryl methyl sites for hydroxylation is 1. The van der Waals surface area contributed by atoms with Crippen molar-refractivity contribution >= 4 is 11.6 Å². The molecule has 0 saturated heterocycles. The Morgan fingerprint density at radius 1 is 1.26 bits per heavy atom. The van der Waals surface area contributed by atoms with Crippen molar-refractivity contribution in [1.82, 2.24) is 4.98 Å². The zero-order chi connectivity index (χ0) is 13.8. The van der Waals surface area contributed by atoms with E-state index in [1.807, 2.05) is 25.1 Å². The van der Waals surface area contributed by atoms with Gasteiger partial charge in [0, 0.05) is 6.20 Å². The van der Waals surface area contributed by atoms with Gasteiger partial charge in [-0.25, -0.2) is 4.98 Å². The van der Waals surface area contributed by atoms with E-state index in [4.69, 9.17) is 26.3 Å². The van der Waals surface area contributed by atoms with Crippen molar-refractivity contribution in [2.45, 2.75) is 6.92 Å². The minimum absolute atomic E-state index is 0.183. The number of halogens is 1. The molecule has 1 heterocycles. The number of benzene rings is 1. The van der Waals surface area contributed by atoms with Gasteiger partial charge < -0.3 is 9.47 Å². The first kappa shape index (κ1) is 13.2. The van der Waals surface area contributed by atoms with E-state index in [0.29, 0.717) is 17.1 Å². The second-order valence-electron chi connectivity index (χ2n) is 3.85. The summed E-state index contributed by atoms with van der Waals surface area (Å²) in [6, 6.07) is 9.01. The maximum absolute atomic E-state index is 8.90. The molecule has 0 unspecified atom stereocenters. The molecule has 0 fully saturated rings. The second-order valence-corrected chi connectivity index (χ2v) is 4.22. The first-order valence-corrected chi connectivity index (χ1v) is 5.90. The Morgan fingerprint density at radius 3 is 2.74 bits per heavy atom. The van der Waals surface area contributed by atoms with Crippen molar-refractivity contribution < 1.29 is 9.47 Å². The smallest absolute Gasteiger partial charge is 0.239 e. The summed E-state index contributed by atoms with van der Waals surface area (Å²) in [5.41, 5.74) is 1.37. The zero-order valence-corrected chi connectivity index (χ0v) is 11.2. The fraction of sp³-hybridized carbons (Fsp3) is 0.143. The van der Waals surface area contributed by atoms with Gasteiger partial charge in [0.1, 0.15) is 11.1 Å². The van der Waals surface area contributed by atoms with Crippen LogP contribution in [-0.2, 0) is 0 Å². The first-order valence-electron chi connectivity index (χ1n) is 5.53. The summed E-state index contributed by atoms with van der Waals surface area (Å²) in [5.74, 6) is 1.26. The molecule has 2 aromatic rings. The molecule has 19 heavy (non-hydrogen) atoms. The molecule has 0 aliphatic heterocycles. The van der Waals surface area contributed by atoms with Crippen LogP contribution in [0.25, 0.3) is 0 Å². The largest absolute Gasteiger partial charge is 0.493 e. The van der Waals surface area contributed by atoms with Crippen molar-refractivity contribution in [3.8, 4) is 23.4 Å². The van der Waals surface area contributed by atoms with E-state index < -0.39 is 0 Å². The maximum atomic E-state index is 8.90. The molecule has 0 aliphatic rings. The van der Waals surface area contributed by atoms with Crippen LogP contribution >= 0.6 is 11.6 Å². The van der Waals surface area contributed by atoms with Crippen LogP contribution < -0.4 is 9.47 Å². The molecule has 0 amide bonds. The molecule has 1 aromatic carbocycles. The van der Waals surface area contributed by atoms with Crippen LogP contribution in [0.5, 0.6) is 17.4 Å². The highest BCUT2D eigenvalue weighted by molar-refractivity contribution is 6.33. The summed E-state index contributed by atoms with van der Waals surface area (Å²) in [6.07, 6.45) is 1.47. The van der Waals surface area contributed by atoms with Crippen LogP contribution in [0.2, 0.25) is 5.02 Å². The lowest BCUT2D eigenvalue weighted by atomic mass is 10.2. The molecule has 0 N–H and O–H groups in total. The minimum atomic E-state index is 0.183. The second kappa shape index (κ2) is 5.59. The number of nitrogens with zero attached hydrogens (tertiary/aromatic N) is 2. The van der Waals surface area contributed by atoms with Crippen molar-refractivity contribution in [3.05, 3.63) is 46.6 Å². The molecular formula is C14H11ClN2O2. The number of pyridine rings is 1. The molecule has 5 heteroatoms. The van der Waals surface area contributed by atoms with E-state index in [0.717, 1.165) is 5.56 Å². The van der Waals surface area contributed by atoms with Gasteiger partial charge in [0.05, 0.1) is 12.7 Å². The number of methoxy groups -OCH3 is 1. The Kier molecular flexibility index (Phi) is 3.88. The van der Waals surface area contributed by atoms with E-state index in [1.54, 1.807) is 13.2 Å². The highest BCUT2D eigenvalue weighted by Gasteiger charge is 2.12. The van der Waals surface area contributed by atoms with Gasteiger partial charge in [-0.15, -0.1) is 0 Å². The minimum Gasteiger partial charge on any atom is -0.493 e. The Hall–Kier alpha value is -2.25. The fourth-order valence-corrected chi connectivity index (χ4v) is 1.74. The number of aromatic nitrogens is 1. The Labute approximate surface area is 116 Å². The molecule has 0 aliphatic carbocycles. The molecule has 0 saturated carbocycles. The van der Waals surface area contributed by atoms with Crippen LogP contribution in [0, 0.1) is 18.3 Å². The van der Waals surface area contributed by atoms with Gasteiger partial charge >= 0.3 is 0 Å². The number of nitriles is 1. The lowest BCUT2D eigenvalue weighted by molar-refractivity contribution is 0.374. The molecule has 1 aromatic heterocycles. The van der Waals surface area contributed by atoms with E-state index >= 15 is 0 Å². The quantitative estimate of drug-likeness (QED) is 0.856. The third kappa shape index (κ3) is 2.78. The van der Waals surface area contributed by atoms with Gasteiger partial charge in [0.25, 0.3) is 0 Å². The molecule has 0 radical (unpaired) electrons. The summed E-state index contributed by atoms with van der Waals surface area (Å²) >= 11 is 6.03. The van der Waals surface area contributed by atoms with Crippen LogP contribution in [0.4, 0.5) is 0 Å². The predicted molar refractivity (Wildman–Crippen MR) is 71.8 cm³/mol. The van der Waals surface area contributed by atoms with E-state index in [1.165, 1.54) is 12.3 Å². The van der Waals surface area contributed by atoms with Gasteiger partial charge in [-0.05, 0) is 30.7 Å². The average Bonchev–Trinajstić information content (AvgIpc) is 2.42. The number of rotatable bonds is 3. The van der Waals surface area contributed by atoms with E-state index in [9.17, 15) is 0 Å². The Morgan fingerprint density at radius 2 is 2.05 bits per heavy atom. The van der Waals surface area contributed by atoms with Crippen molar-refractivity contribution in [2.24, 2.45) is 0 Å². The van der Waals surface area contributed by atoms with E-state index in [-0.39, 0.29) is 10.9 Å². The van der Waals surface area contributed by atoms with Crippen molar-refractivity contribution in [1.29, 1.82) is 5.26 Å². The Bertz CT molecular complexity index is 650. The SMILES string of the molecule is COc1cc(C)ccc1Oc1nccc(C#N)c1Cl. The molecule has 0 bridgehead atoms. The number of ether oxygens (including phenoxy) is 2. The van der Waals surface area contributed by atoms with Gasteiger partial charge in [0.15, 0.2) is 11.5 Å². The summed E-state index contributed by atoms with van der Waals surface area (Å²) in [6.45, 7) is 1.95. The fourth-order valence-electron chi connectivity index (χ4n) is 1.55. The Balaban J connectivity index is 2.40. The summed E-state index contributed by atoms with van der Waals surface area (Å²) in [4.78, 5) is 4.02. The number of hydrogen-bond donors (Lipinski definition) is 0. The van der Waals surface area contributed by atoms with E-state index in [2.05, 4.69) is 4.98 Å². The van der Waals surface area contributed by atoms with Gasteiger partial charge in [0.2, 0.25) is 5.88 Å². The first-order chi connectivity index (χ1) is 9.15. The number of hydrogen-bond acceptors (Lipinski definition) is 4. The summed E-state index contributed by atoms with van der Waals surface area (Å²) in [5, 5.41) is 9.09. The van der Waals surface area contributed by atoms with Crippen LogP contribution in [0.3, 0.4) is 0 Å². The van der Waals surface area contributed by atoms with Gasteiger partial charge in [-0.2, -0.15) is 5.26 Å². The summed E-state index contributed by atoms with van der Waals surface area (Å²) < 4.78 is 10.8. The summed E-state index contributed by atoms with van der Waals surface area (Å²) in [7, 11) is 1.56. The normalized spacial score (nSPS) is 9.79. The highest BCUT2D eigenvalue weighted by Crippen LogP contribution is 2.35. The highest BCUT2D eigenvalue weighted by atomic mass is 35.5. The van der Waals surface area contributed by atoms with Gasteiger partial charge in [-0.3, -0.25) is 0 Å². The molecule has 96 valence electrons. The molecule has 0 atom stereocenters. The van der Waals surface area contributed by atoms with Crippen LogP contribution in [0.1, 0.15) is 11.1 Å². The van der Waals surface area contributed by atoms with Crippen LogP contribution in [0.15, 0.2) is 30.5 Å². The zero-order valence-electron chi connectivity index (χ0n) is 10.5. The third-order valence-electron chi connectivity index (χ3n) is 2.50. The lowest BCUT2D eigenvalue weighted by Gasteiger charge is -2.11. The van der Waals surface area contributed by atoms with Crippen molar-refractivity contribution in [3.63, 3.8) is 0 Å². The standard InChI is InChI=1S/C14H11ClN2O2/c1-9-3-4-11(12(7-9)18-2)19-14-13(15)10(8-16)5-6-17-14/h3-7H,1-2H3. The molecule has 4 nitrogen and oxygen atoms in total. The lowest BCUT2D eigenvalue weighted by Crippen LogP contribution is -1.94. The predicted octanol–water partition coefficient (Wildman–Crippen LogP) is 3.72. The molecule has 0 spiro atoms. The van der Waals surface area contributed by atoms with Crippen LogP contribution in [-0.4, -0.2) is 12.1 Å². The topological polar surface area (TPSA) is 55.1 Å². The van der Waals surface area contributed by atoms with Gasteiger partial charge in [-0.1, -0.05) is 17.7 Å². The maximum Gasteiger partial charge on any atom is 0.239 e. The third-order valence-corrected chi connectivity index (χ3v) is 2.87. The monoisotopic (exact) mass is 274 g/mol. The molecule has 2 rings (SSSR count). The van der Waals surface area contributed by atoms with Crippen molar-refractivity contribution in [2.75, 3.05) is 7.11 Å². The molecular weight excluding hydrogens is 264 g/mol. The average molecular weight is 275 g/mol.